The first kappa shape index (κ1) is 19.8. The highest BCUT2D eigenvalue weighted by Crippen LogP contribution is 2.34. The van der Waals surface area contributed by atoms with Crippen molar-refractivity contribution in [2.75, 3.05) is 0 Å². The molecule has 0 aliphatic carbocycles. The van der Waals surface area contributed by atoms with Crippen molar-refractivity contribution < 1.29 is 24.4 Å². The van der Waals surface area contributed by atoms with E-state index in [2.05, 4.69) is 9.97 Å². The minimum absolute atomic E-state index is 0.281. The van der Waals surface area contributed by atoms with Crippen molar-refractivity contribution in [2.45, 2.75) is 43.9 Å². The Labute approximate surface area is 168 Å². The van der Waals surface area contributed by atoms with E-state index in [4.69, 9.17) is 14.2 Å². The summed E-state index contributed by atoms with van der Waals surface area (Å²) in [5.74, 6) is 0. The van der Waals surface area contributed by atoms with E-state index in [1.165, 1.54) is 0 Å². The minimum Gasteiger partial charge on any atom is -0.385 e. The van der Waals surface area contributed by atoms with Crippen molar-refractivity contribution in [3.8, 4) is 0 Å². The Morgan fingerprint density at radius 3 is 2.24 bits per heavy atom. The van der Waals surface area contributed by atoms with Gasteiger partial charge >= 0.3 is 0 Å². The topological polar surface area (TPSA) is 96.8 Å². The molecule has 7 heteroatoms. The number of nitrogens with one attached hydrogen (secondary N) is 1. The Bertz CT molecular complexity index is 859. The lowest BCUT2D eigenvalue weighted by Crippen LogP contribution is -2.38. The zero-order valence-corrected chi connectivity index (χ0v) is 15.8. The maximum atomic E-state index is 10.5. The van der Waals surface area contributed by atoms with Crippen LogP contribution >= 0.6 is 0 Å². The summed E-state index contributed by atoms with van der Waals surface area (Å²) >= 11 is 0. The summed E-state index contributed by atoms with van der Waals surface area (Å²) in [6.07, 6.45) is -1.44. The van der Waals surface area contributed by atoms with Crippen LogP contribution in [0.1, 0.15) is 22.9 Å². The van der Waals surface area contributed by atoms with Crippen LogP contribution in [0, 0.1) is 0 Å². The first-order valence-corrected chi connectivity index (χ1v) is 9.53. The molecule has 2 aromatic carbocycles. The minimum atomic E-state index is -1.36. The van der Waals surface area contributed by atoms with Crippen molar-refractivity contribution in [1.82, 2.24) is 9.97 Å². The number of aromatic nitrogens is 2. The Hall–Kier alpha value is -2.55. The molecule has 0 radical (unpaired) electrons. The van der Waals surface area contributed by atoms with Gasteiger partial charge in [0.05, 0.1) is 31.4 Å². The van der Waals surface area contributed by atoms with Crippen molar-refractivity contribution >= 4 is 0 Å². The number of nitrogens with zero attached hydrogens (tertiary/aromatic N) is 1. The molecule has 7 nitrogen and oxygen atoms in total. The third-order valence-electron chi connectivity index (χ3n) is 4.93. The largest absolute Gasteiger partial charge is 0.385 e. The van der Waals surface area contributed by atoms with Crippen LogP contribution < -0.4 is 0 Å². The van der Waals surface area contributed by atoms with E-state index in [9.17, 15) is 10.2 Å². The van der Waals surface area contributed by atoms with E-state index >= 15 is 0 Å². The SMILES string of the molecule is OC1O[C@H]([C@@H](OCc2ccccc2)c2cnc[nH]2)[C@H](OCc2ccccc2)[C@H]1O. The van der Waals surface area contributed by atoms with Gasteiger partial charge in [-0.3, -0.25) is 0 Å². The normalized spacial score (nSPS) is 25.2. The van der Waals surface area contributed by atoms with Gasteiger partial charge in [0, 0.05) is 0 Å². The van der Waals surface area contributed by atoms with Gasteiger partial charge in [-0.05, 0) is 11.1 Å². The van der Waals surface area contributed by atoms with E-state index < -0.39 is 30.7 Å². The van der Waals surface area contributed by atoms with Gasteiger partial charge in [0.25, 0.3) is 0 Å². The van der Waals surface area contributed by atoms with E-state index in [0.717, 1.165) is 11.1 Å². The molecular weight excluding hydrogens is 372 g/mol. The number of ether oxygens (including phenoxy) is 3. The molecular formula is C22H24N2O5. The molecule has 3 aromatic rings. The second-order valence-electron chi connectivity index (χ2n) is 6.97. The molecule has 4 rings (SSSR count). The fraction of sp³-hybridized carbons (Fsp3) is 0.318. The predicted molar refractivity (Wildman–Crippen MR) is 104 cm³/mol. The van der Waals surface area contributed by atoms with Crippen LogP contribution in [-0.4, -0.2) is 44.8 Å². The van der Waals surface area contributed by atoms with Gasteiger partial charge in [-0.25, -0.2) is 4.98 Å². The monoisotopic (exact) mass is 396 g/mol. The average molecular weight is 396 g/mol. The molecule has 2 heterocycles. The molecule has 1 unspecified atom stereocenters. The van der Waals surface area contributed by atoms with Crippen molar-refractivity contribution in [1.29, 1.82) is 0 Å². The number of hydrogen-bond donors (Lipinski definition) is 3. The molecule has 0 saturated carbocycles. The Balaban J connectivity index is 1.52. The molecule has 1 saturated heterocycles. The second kappa shape index (κ2) is 9.30. The summed E-state index contributed by atoms with van der Waals surface area (Å²) in [4.78, 5) is 7.11. The summed E-state index contributed by atoms with van der Waals surface area (Å²) in [6.45, 7) is 0.617. The van der Waals surface area contributed by atoms with Crippen LogP contribution in [0.15, 0.2) is 73.2 Å². The first-order chi connectivity index (χ1) is 14.2. The Morgan fingerprint density at radius 1 is 0.966 bits per heavy atom. The molecule has 1 aliphatic rings. The number of rotatable bonds is 8. The maximum Gasteiger partial charge on any atom is 0.184 e. The fourth-order valence-corrected chi connectivity index (χ4v) is 3.42. The summed E-state index contributed by atoms with van der Waals surface area (Å²) in [5.41, 5.74) is 2.64. The van der Waals surface area contributed by atoms with Crippen LogP contribution in [0.5, 0.6) is 0 Å². The van der Waals surface area contributed by atoms with E-state index in [0.29, 0.717) is 12.3 Å². The third kappa shape index (κ3) is 4.72. The van der Waals surface area contributed by atoms with Crippen LogP contribution in [0.4, 0.5) is 0 Å². The number of aromatic amines is 1. The number of H-pyrrole nitrogens is 1. The van der Waals surface area contributed by atoms with Crippen LogP contribution in [-0.2, 0) is 27.4 Å². The van der Waals surface area contributed by atoms with Crippen molar-refractivity contribution in [2.24, 2.45) is 0 Å². The van der Waals surface area contributed by atoms with E-state index in [-0.39, 0.29) is 6.61 Å². The highest BCUT2D eigenvalue weighted by molar-refractivity contribution is 5.15. The lowest BCUT2D eigenvalue weighted by Gasteiger charge is -2.27. The quantitative estimate of drug-likeness (QED) is 0.541. The molecule has 3 N–H and O–H groups in total. The van der Waals surface area contributed by atoms with E-state index in [1.54, 1.807) is 12.5 Å². The lowest BCUT2D eigenvalue weighted by molar-refractivity contribution is -0.160. The van der Waals surface area contributed by atoms with Gasteiger partial charge in [0.2, 0.25) is 0 Å². The van der Waals surface area contributed by atoms with E-state index in [1.807, 2.05) is 60.7 Å². The number of hydrogen-bond acceptors (Lipinski definition) is 6. The smallest absolute Gasteiger partial charge is 0.184 e. The summed E-state index contributed by atoms with van der Waals surface area (Å²) in [5, 5.41) is 20.6. The fourth-order valence-electron chi connectivity index (χ4n) is 3.42. The Kier molecular flexibility index (Phi) is 6.33. The summed E-state index contributed by atoms with van der Waals surface area (Å²) in [7, 11) is 0. The molecule has 0 amide bonds. The molecule has 0 spiro atoms. The number of aliphatic hydroxyl groups excluding tert-OH is 2. The van der Waals surface area contributed by atoms with Gasteiger partial charge < -0.3 is 29.4 Å². The molecule has 5 atom stereocenters. The molecule has 152 valence electrons. The predicted octanol–water partition coefficient (Wildman–Crippen LogP) is 2.33. The first-order valence-electron chi connectivity index (χ1n) is 9.53. The van der Waals surface area contributed by atoms with Gasteiger partial charge in [0.1, 0.15) is 24.4 Å². The van der Waals surface area contributed by atoms with Crippen molar-refractivity contribution in [3.05, 3.63) is 90.0 Å². The van der Waals surface area contributed by atoms with Crippen LogP contribution in [0.25, 0.3) is 0 Å². The number of imidazole rings is 1. The molecule has 1 aliphatic heterocycles. The highest BCUT2D eigenvalue weighted by Gasteiger charge is 2.48. The van der Waals surface area contributed by atoms with Gasteiger partial charge in [-0.15, -0.1) is 0 Å². The molecule has 1 fully saturated rings. The zero-order valence-electron chi connectivity index (χ0n) is 15.8. The highest BCUT2D eigenvalue weighted by atomic mass is 16.7. The second-order valence-corrected chi connectivity index (χ2v) is 6.97. The average Bonchev–Trinajstić information content (AvgIpc) is 3.38. The molecule has 1 aromatic heterocycles. The maximum absolute atomic E-state index is 10.5. The van der Waals surface area contributed by atoms with Crippen LogP contribution in [0.3, 0.4) is 0 Å². The Morgan fingerprint density at radius 2 is 1.62 bits per heavy atom. The summed E-state index contributed by atoms with van der Waals surface area (Å²) < 4.78 is 17.8. The number of benzene rings is 2. The van der Waals surface area contributed by atoms with Gasteiger partial charge in [0.15, 0.2) is 6.29 Å². The van der Waals surface area contributed by atoms with Gasteiger partial charge in [-0.1, -0.05) is 60.7 Å². The van der Waals surface area contributed by atoms with Crippen molar-refractivity contribution in [3.63, 3.8) is 0 Å². The third-order valence-corrected chi connectivity index (χ3v) is 4.93. The standard InChI is InChI=1S/C22H24N2O5/c25-18-20(28-13-16-9-5-2-6-10-16)21(29-22(18)26)19(17-11-23-14-24-17)27-12-15-7-3-1-4-8-15/h1-11,14,18-22,25-26H,12-13H2,(H,23,24)/t18-,19+,20-,21-,22?/m1/s1. The number of aliphatic hydroxyl groups is 2. The summed E-state index contributed by atoms with van der Waals surface area (Å²) in [6, 6.07) is 19.4. The zero-order chi connectivity index (χ0) is 20.1. The lowest BCUT2D eigenvalue weighted by atomic mass is 10.0. The molecule has 0 bridgehead atoms. The van der Waals surface area contributed by atoms with Crippen LogP contribution in [0.2, 0.25) is 0 Å². The molecule has 29 heavy (non-hydrogen) atoms. The van der Waals surface area contributed by atoms with Gasteiger partial charge in [-0.2, -0.15) is 0 Å².